The lowest BCUT2D eigenvalue weighted by molar-refractivity contribution is -0.0202. The fourth-order valence-electron chi connectivity index (χ4n) is 1.90. The van der Waals surface area contributed by atoms with Gasteiger partial charge in [0.05, 0.1) is 24.1 Å². The Morgan fingerprint density at radius 2 is 2.24 bits per heavy atom. The van der Waals surface area contributed by atoms with Crippen molar-refractivity contribution in [2.75, 3.05) is 24.7 Å². The van der Waals surface area contributed by atoms with Crippen LogP contribution >= 0.6 is 0 Å². The molecule has 0 bridgehead atoms. The second-order valence-corrected chi connectivity index (χ2v) is 4.51. The van der Waals surface area contributed by atoms with E-state index in [0.717, 1.165) is 19.3 Å². The molecule has 0 aromatic heterocycles. The average Bonchev–Trinajstić information content (AvgIpc) is 2.25. The van der Waals surface area contributed by atoms with Crippen LogP contribution in [0.4, 0.5) is 15.8 Å². The number of hydrogen-bond donors (Lipinski definition) is 3. The lowest BCUT2D eigenvalue weighted by Crippen LogP contribution is -2.43. The fourth-order valence-corrected chi connectivity index (χ4v) is 1.90. The minimum Gasteiger partial charge on any atom is -0.495 e. The summed E-state index contributed by atoms with van der Waals surface area (Å²) in [6.45, 7) is 0.344. The van der Waals surface area contributed by atoms with E-state index in [4.69, 9.17) is 10.5 Å². The van der Waals surface area contributed by atoms with Crippen molar-refractivity contribution in [2.45, 2.75) is 24.9 Å². The highest BCUT2D eigenvalue weighted by Gasteiger charge is 2.34. The Balaban J connectivity index is 2.09. The van der Waals surface area contributed by atoms with Crippen molar-refractivity contribution in [3.05, 3.63) is 17.9 Å². The number of aliphatic hydroxyl groups is 1. The zero-order valence-electron chi connectivity index (χ0n) is 9.79. The van der Waals surface area contributed by atoms with Crippen LogP contribution in [0.25, 0.3) is 0 Å². The number of nitrogen functional groups attached to an aromatic ring is 1. The molecule has 1 aromatic rings. The number of nitrogens with two attached hydrogens (primary N) is 1. The Morgan fingerprint density at radius 3 is 2.76 bits per heavy atom. The molecule has 1 saturated carbocycles. The molecule has 1 fully saturated rings. The molecule has 1 aromatic carbocycles. The normalized spacial score (nSPS) is 17.4. The molecular weight excluding hydrogens is 223 g/mol. The van der Waals surface area contributed by atoms with Gasteiger partial charge in [-0.3, -0.25) is 0 Å². The number of halogens is 1. The van der Waals surface area contributed by atoms with E-state index < -0.39 is 11.4 Å². The number of anilines is 2. The summed E-state index contributed by atoms with van der Waals surface area (Å²) in [6, 6.07) is 2.72. The zero-order valence-corrected chi connectivity index (χ0v) is 9.79. The molecule has 1 aliphatic rings. The van der Waals surface area contributed by atoms with Crippen molar-refractivity contribution in [1.82, 2.24) is 0 Å². The predicted octanol–water partition coefficient (Wildman–Crippen LogP) is 1.74. The average molecular weight is 240 g/mol. The van der Waals surface area contributed by atoms with Crippen LogP contribution in [-0.2, 0) is 0 Å². The Bertz CT molecular complexity index is 419. The van der Waals surface area contributed by atoms with E-state index in [1.165, 1.54) is 19.2 Å². The topological polar surface area (TPSA) is 67.5 Å². The van der Waals surface area contributed by atoms with E-state index in [2.05, 4.69) is 5.32 Å². The van der Waals surface area contributed by atoms with E-state index in [1.807, 2.05) is 0 Å². The molecule has 94 valence electrons. The maximum atomic E-state index is 13.6. The third-order valence-electron chi connectivity index (χ3n) is 3.21. The van der Waals surface area contributed by atoms with Crippen LogP contribution in [0.15, 0.2) is 12.1 Å². The molecule has 4 nitrogen and oxygen atoms in total. The van der Waals surface area contributed by atoms with Crippen molar-refractivity contribution >= 4 is 11.4 Å². The van der Waals surface area contributed by atoms with Crippen LogP contribution in [0.2, 0.25) is 0 Å². The third-order valence-corrected chi connectivity index (χ3v) is 3.21. The minimum atomic E-state index is -0.693. The van der Waals surface area contributed by atoms with Gasteiger partial charge < -0.3 is 20.9 Å². The summed E-state index contributed by atoms with van der Waals surface area (Å²) in [6.07, 6.45) is 2.53. The maximum Gasteiger partial charge on any atom is 0.148 e. The SMILES string of the molecule is COc1cc(NCC2(O)CCC2)c(F)cc1N. The molecule has 0 atom stereocenters. The summed E-state index contributed by atoms with van der Waals surface area (Å²) in [5.74, 6) is -0.0132. The van der Waals surface area contributed by atoms with Crippen molar-refractivity contribution in [3.63, 3.8) is 0 Å². The van der Waals surface area contributed by atoms with Crippen molar-refractivity contribution in [3.8, 4) is 5.75 Å². The van der Waals surface area contributed by atoms with Gasteiger partial charge in [-0.15, -0.1) is 0 Å². The largest absolute Gasteiger partial charge is 0.495 e. The van der Waals surface area contributed by atoms with E-state index in [9.17, 15) is 9.50 Å². The first-order valence-electron chi connectivity index (χ1n) is 5.63. The van der Waals surface area contributed by atoms with Gasteiger partial charge in [0.15, 0.2) is 0 Å². The molecule has 0 unspecified atom stereocenters. The van der Waals surface area contributed by atoms with Gasteiger partial charge >= 0.3 is 0 Å². The van der Waals surface area contributed by atoms with Gasteiger partial charge in [0.2, 0.25) is 0 Å². The zero-order chi connectivity index (χ0) is 12.5. The molecule has 0 radical (unpaired) electrons. The van der Waals surface area contributed by atoms with Crippen LogP contribution in [0, 0.1) is 5.82 Å². The van der Waals surface area contributed by atoms with E-state index in [-0.39, 0.29) is 5.69 Å². The van der Waals surface area contributed by atoms with Crippen molar-refractivity contribution in [2.24, 2.45) is 0 Å². The summed E-state index contributed by atoms with van der Waals surface area (Å²) in [5, 5.41) is 12.8. The molecule has 0 heterocycles. The van der Waals surface area contributed by atoms with Crippen LogP contribution in [0.5, 0.6) is 5.75 Å². The van der Waals surface area contributed by atoms with Gasteiger partial charge in [0.25, 0.3) is 0 Å². The molecular formula is C12H17FN2O2. The Hall–Kier alpha value is -1.49. The third kappa shape index (κ3) is 2.44. The van der Waals surface area contributed by atoms with Gasteiger partial charge in [-0.1, -0.05) is 0 Å². The first-order chi connectivity index (χ1) is 8.04. The summed E-state index contributed by atoms with van der Waals surface area (Å²) >= 11 is 0. The monoisotopic (exact) mass is 240 g/mol. The molecule has 0 amide bonds. The lowest BCUT2D eigenvalue weighted by atomic mass is 9.80. The Morgan fingerprint density at radius 1 is 1.53 bits per heavy atom. The number of nitrogens with one attached hydrogen (secondary N) is 1. The number of benzene rings is 1. The Labute approximate surface area is 99.6 Å². The first-order valence-corrected chi connectivity index (χ1v) is 5.63. The molecule has 17 heavy (non-hydrogen) atoms. The molecule has 5 heteroatoms. The molecule has 2 rings (SSSR count). The van der Waals surface area contributed by atoms with Gasteiger partial charge in [0, 0.05) is 18.7 Å². The van der Waals surface area contributed by atoms with Crippen LogP contribution in [0.3, 0.4) is 0 Å². The second-order valence-electron chi connectivity index (χ2n) is 4.51. The minimum absolute atomic E-state index is 0.262. The lowest BCUT2D eigenvalue weighted by Gasteiger charge is -2.36. The highest BCUT2D eigenvalue weighted by Crippen LogP contribution is 2.33. The van der Waals surface area contributed by atoms with Crippen LogP contribution in [-0.4, -0.2) is 24.4 Å². The summed E-state index contributed by atoms with van der Waals surface area (Å²) in [7, 11) is 1.48. The van der Waals surface area contributed by atoms with Gasteiger partial charge in [-0.25, -0.2) is 4.39 Å². The van der Waals surface area contributed by atoms with Gasteiger partial charge in [-0.05, 0) is 19.3 Å². The number of ether oxygens (including phenoxy) is 1. The summed E-state index contributed by atoms with van der Waals surface area (Å²) in [4.78, 5) is 0. The van der Waals surface area contributed by atoms with Crippen LogP contribution in [0.1, 0.15) is 19.3 Å². The quantitative estimate of drug-likeness (QED) is 0.701. The first kappa shape index (κ1) is 12.0. The van der Waals surface area contributed by atoms with Crippen molar-refractivity contribution < 1.29 is 14.2 Å². The highest BCUT2D eigenvalue weighted by atomic mass is 19.1. The standard InChI is InChI=1S/C12H17FN2O2/c1-17-11-6-10(8(13)5-9(11)14)15-7-12(16)3-2-4-12/h5-6,15-16H,2-4,7,14H2,1H3. The highest BCUT2D eigenvalue weighted by molar-refractivity contribution is 5.62. The van der Waals surface area contributed by atoms with E-state index in [0.29, 0.717) is 18.0 Å². The molecule has 4 N–H and O–H groups in total. The predicted molar refractivity (Wildman–Crippen MR) is 64.7 cm³/mol. The number of hydrogen-bond acceptors (Lipinski definition) is 4. The second kappa shape index (κ2) is 4.41. The van der Waals surface area contributed by atoms with E-state index >= 15 is 0 Å². The van der Waals surface area contributed by atoms with Crippen LogP contribution < -0.4 is 15.8 Å². The van der Waals surface area contributed by atoms with Gasteiger partial charge in [-0.2, -0.15) is 0 Å². The molecule has 1 aliphatic carbocycles. The Kier molecular flexibility index (Phi) is 3.11. The smallest absolute Gasteiger partial charge is 0.148 e. The molecule has 0 aliphatic heterocycles. The van der Waals surface area contributed by atoms with Gasteiger partial charge in [0.1, 0.15) is 11.6 Å². The van der Waals surface area contributed by atoms with E-state index in [1.54, 1.807) is 0 Å². The maximum absolute atomic E-state index is 13.6. The fraction of sp³-hybridized carbons (Fsp3) is 0.500. The summed E-state index contributed by atoms with van der Waals surface area (Å²) in [5.41, 5.74) is 5.45. The molecule has 0 saturated heterocycles. The summed E-state index contributed by atoms with van der Waals surface area (Å²) < 4.78 is 18.6. The molecule has 0 spiro atoms. The number of rotatable bonds is 4. The number of methoxy groups -OCH3 is 1. The van der Waals surface area contributed by atoms with Crippen molar-refractivity contribution in [1.29, 1.82) is 0 Å².